The number of nitrogens with zero attached hydrogens (tertiary/aromatic N) is 1. The minimum absolute atomic E-state index is 0.274. The Hall–Kier alpha value is -0.410. The Morgan fingerprint density at radius 1 is 1.62 bits per heavy atom. The summed E-state index contributed by atoms with van der Waals surface area (Å²) in [7, 11) is 2.16. The first kappa shape index (κ1) is 10.7. The van der Waals surface area contributed by atoms with E-state index in [0.29, 0.717) is 6.42 Å². The number of likely N-dealkylation sites (tertiary alicyclic amines) is 1. The first-order chi connectivity index (χ1) is 6.18. The Bertz CT molecular complexity index is 170. The van der Waals surface area contributed by atoms with E-state index in [9.17, 15) is 4.79 Å². The number of carbonyl (C=O) groups is 1. The molecule has 3 heteroatoms. The second-order valence-corrected chi connectivity index (χ2v) is 4.07. The third-order valence-corrected chi connectivity index (χ3v) is 2.58. The molecule has 1 heterocycles. The van der Waals surface area contributed by atoms with E-state index in [4.69, 9.17) is 0 Å². The normalized spacial score (nSPS) is 23.7. The van der Waals surface area contributed by atoms with E-state index in [2.05, 4.69) is 17.3 Å². The van der Waals surface area contributed by atoms with Crippen LogP contribution in [0.3, 0.4) is 0 Å². The number of ketones is 1. The van der Waals surface area contributed by atoms with Crippen molar-refractivity contribution >= 4 is 5.78 Å². The molecule has 76 valence electrons. The summed E-state index contributed by atoms with van der Waals surface area (Å²) in [4.78, 5) is 13.0. The Morgan fingerprint density at radius 3 is 2.92 bits per heavy atom. The summed E-state index contributed by atoms with van der Waals surface area (Å²) >= 11 is 0. The van der Waals surface area contributed by atoms with Gasteiger partial charge < -0.3 is 10.2 Å². The Kier molecular flexibility index (Phi) is 4.39. The van der Waals surface area contributed by atoms with Gasteiger partial charge in [-0.1, -0.05) is 0 Å². The van der Waals surface area contributed by atoms with Crippen LogP contribution in [-0.4, -0.2) is 43.9 Å². The van der Waals surface area contributed by atoms with Crippen molar-refractivity contribution in [2.45, 2.75) is 19.8 Å². The van der Waals surface area contributed by atoms with E-state index in [1.807, 2.05) is 0 Å². The third kappa shape index (κ3) is 4.39. The largest absolute Gasteiger partial charge is 0.316 e. The molecule has 1 aliphatic heterocycles. The lowest BCUT2D eigenvalue weighted by atomic mass is 10.1. The van der Waals surface area contributed by atoms with Crippen LogP contribution in [-0.2, 0) is 4.79 Å². The maximum atomic E-state index is 10.6. The molecule has 1 N–H and O–H groups in total. The maximum Gasteiger partial charge on any atom is 0.131 e. The molecule has 0 aliphatic carbocycles. The molecule has 1 aliphatic rings. The van der Waals surface area contributed by atoms with Crippen LogP contribution in [0, 0.1) is 5.92 Å². The number of nitrogens with one attached hydrogen (secondary N) is 1. The monoisotopic (exact) mass is 184 g/mol. The van der Waals surface area contributed by atoms with E-state index < -0.39 is 0 Å². The van der Waals surface area contributed by atoms with Crippen molar-refractivity contribution in [1.82, 2.24) is 10.2 Å². The molecule has 13 heavy (non-hydrogen) atoms. The van der Waals surface area contributed by atoms with Gasteiger partial charge in [0, 0.05) is 19.5 Å². The predicted molar refractivity (Wildman–Crippen MR) is 53.8 cm³/mol. The van der Waals surface area contributed by atoms with Crippen LogP contribution in [0.5, 0.6) is 0 Å². The highest BCUT2D eigenvalue weighted by Crippen LogP contribution is 2.12. The van der Waals surface area contributed by atoms with Gasteiger partial charge in [0.15, 0.2) is 0 Å². The molecule has 1 atom stereocenters. The number of Topliss-reactive ketones (excluding diaryl/α,β-unsaturated/α-hetero) is 1. The molecule has 0 aromatic rings. The van der Waals surface area contributed by atoms with E-state index in [1.165, 1.54) is 19.5 Å². The maximum absolute atomic E-state index is 10.6. The average Bonchev–Trinajstić information content (AvgIpc) is 2.45. The van der Waals surface area contributed by atoms with Crippen molar-refractivity contribution in [2.24, 2.45) is 5.92 Å². The molecular formula is C10H20N2O. The van der Waals surface area contributed by atoms with Gasteiger partial charge in [0.1, 0.15) is 5.78 Å². The minimum atomic E-state index is 0.274. The smallest absolute Gasteiger partial charge is 0.131 e. The van der Waals surface area contributed by atoms with Crippen LogP contribution in [0.4, 0.5) is 0 Å². The molecule has 3 nitrogen and oxygen atoms in total. The van der Waals surface area contributed by atoms with Gasteiger partial charge in [-0.25, -0.2) is 0 Å². The molecule has 0 spiro atoms. The predicted octanol–water partition coefficient (Wildman–Crippen LogP) is 0.507. The van der Waals surface area contributed by atoms with Crippen molar-refractivity contribution < 1.29 is 4.79 Å². The summed E-state index contributed by atoms with van der Waals surface area (Å²) in [6.45, 7) is 5.98. The van der Waals surface area contributed by atoms with Crippen molar-refractivity contribution in [1.29, 1.82) is 0 Å². The highest BCUT2D eigenvalue weighted by Gasteiger charge is 2.18. The minimum Gasteiger partial charge on any atom is -0.316 e. The lowest BCUT2D eigenvalue weighted by Crippen LogP contribution is -2.26. The summed E-state index contributed by atoms with van der Waals surface area (Å²) in [5.74, 6) is 1.06. The molecule has 1 saturated heterocycles. The van der Waals surface area contributed by atoms with Crippen LogP contribution in [0.2, 0.25) is 0 Å². The quantitative estimate of drug-likeness (QED) is 0.632. The van der Waals surface area contributed by atoms with Crippen LogP contribution >= 0.6 is 0 Å². The van der Waals surface area contributed by atoms with Gasteiger partial charge in [0.05, 0.1) is 0 Å². The second kappa shape index (κ2) is 5.35. The molecule has 0 aromatic heterocycles. The molecular weight excluding hydrogens is 164 g/mol. The fourth-order valence-electron chi connectivity index (χ4n) is 1.76. The highest BCUT2D eigenvalue weighted by atomic mass is 16.1. The first-order valence-electron chi connectivity index (χ1n) is 5.07. The van der Waals surface area contributed by atoms with Gasteiger partial charge in [0.25, 0.3) is 0 Å². The lowest BCUT2D eigenvalue weighted by molar-refractivity contribution is -0.116. The van der Waals surface area contributed by atoms with E-state index in [-0.39, 0.29) is 5.78 Å². The topological polar surface area (TPSA) is 32.3 Å². The van der Waals surface area contributed by atoms with Crippen molar-refractivity contribution in [2.75, 3.05) is 33.2 Å². The van der Waals surface area contributed by atoms with Crippen molar-refractivity contribution in [3.8, 4) is 0 Å². The van der Waals surface area contributed by atoms with Gasteiger partial charge in [-0.05, 0) is 39.4 Å². The number of rotatable bonds is 5. The second-order valence-electron chi connectivity index (χ2n) is 4.07. The van der Waals surface area contributed by atoms with Crippen LogP contribution < -0.4 is 5.32 Å². The lowest BCUT2D eigenvalue weighted by Gasteiger charge is -2.10. The standard InChI is InChI=1S/C10H20N2O/c1-9(13)3-5-11-7-10-4-6-12(2)8-10/h10-11H,3-8H2,1-2H3. The van der Waals surface area contributed by atoms with Crippen molar-refractivity contribution in [3.63, 3.8) is 0 Å². The van der Waals surface area contributed by atoms with Crippen LogP contribution in [0.15, 0.2) is 0 Å². The molecule has 1 unspecified atom stereocenters. The average molecular weight is 184 g/mol. The van der Waals surface area contributed by atoms with E-state index in [1.54, 1.807) is 6.92 Å². The summed E-state index contributed by atoms with van der Waals surface area (Å²) < 4.78 is 0. The summed E-state index contributed by atoms with van der Waals surface area (Å²) in [5, 5.41) is 3.33. The van der Waals surface area contributed by atoms with E-state index in [0.717, 1.165) is 19.0 Å². The molecule has 1 rings (SSSR count). The highest BCUT2D eigenvalue weighted by molar-refractivity contribution is 5.75. The van der Waals surface area contributed by atoms with Gasteiger partial charge in [0.2, 0.25) is 0 Å². The zero-order valence-corrected chi connectivity index (χ0v) is 8.68. The van der Waals surface area contributed by atoms with Crippen molar-refractivity contribution in [3.05, 3.63) is 0 Å². The van der Waals surface area contributed by atoms with Gasteiger partial charge in [-0.2, -0.15) is 0 Å². The Balaban J connectivity index is 1.97. The van der Waals surface area contributed by atoms with Gasteiger partial charge in [-0.15, -0.1) is 0 Å². The number of hydrogen-bond acceptors (Lipinski definition) is 3. The fraction of sp³-hybridized carbons (Fsp3) is 0.900. The van der Waals surface area contributed by atoms with Gasteiger partial charge in [-0.3, -0.25) is 4.79 Å². The van der Waals surface area contributed by atoms with Crippen LogP contribution in [0.25, 0.3) is 0 Å². The SMILES string of the molecule is CC(=O)CCNCC1CCN(C)C1. The molecule has 0 bridgehead atoms. The number of carbonyl (C=O) groups excluding carboxylic acids is 1. The van der Waals surface area contributed by atoms with Crippen LogP contribution in [0.1, 0.15) is 19.8 Å². The van der Waals surface area contributed by atoms with Gasteiger partial charge >= 0.3 is 0 Å². The molecule has 1 fully saturated rings. The Labute approximate surface area is 80.5 Å². The summed E-state index contributed by atoms with van der Waals surface area (Å²) in [6.07, 6.45) is 1.96. The Morgan fingerprint density at radius 2 is 2.38 bits per heavy atom. The molecule has 0 saturated carbocycles. The summed E-state index contributed by atoms with van der Waals surface area (Å²) in [6, 6.07) is 0. The summed E-state index contributed by atoms with van der Waals surface area (Å²) in [5.41, 5.74) is 0. The molecule has 0 aromatic carbocycles. The fourth-order valence-corrected chi connectivity index (χ4v) is 1.76. The molecule has 0 amide bonds. The first-order valence-corrected chi connectivity index (χ1v) is 5.07. The zero-order chi connectivity index (χ0) is 9.68. The number of hydrogen-bond donors (Lipinski definition) is 1. The van der Waals surface area contributed by atoms with E-state index >= 15 is 0 Å². The molecule has 0 radical (unpaired) electrons. The zero-order valence-electron chi connectivity index (χ0n) is 8.68. The third-order valence-electron chi connectivity index (χ3n) is 2.58.